The number of imidazole rings is 1. The number of carbonyl (C=O) groups is 1. The van der Waals surface area contributed by atoms with Gasteiger partial charge in [-0.3, -0.25) is 4.79 Å². The first-order chi connectivity index (χ1) is 10.1. The molecule has 2 heterocycles. The summed E-state index contributed by atoms with van der Waals surface area (Å²) in [5, 5.41) is 6.99. The zero-order valence-electron chi connectivity index (χ0n) is 11.8. The zero-order valence-corrected chi connectivity index (χ0v) is 12.5. The van der Waals surface area contributed by atoms with Crippen molar-refractivity contribution in [1.29, 1.82) is 0 Å². The molecule has 1 aliphatic carbocycles. The quantitative estimate of drug-likeness (QED) is 0.888. The minimum atomic E-state index is -0.0116. The molecule has 6 nitrogen and oxygen atoms in total. The van der Waals surface area contributed by atoms with E-state index in [0.29, 0.717) is 29.7 Å². The lowest BCUT2D eigenvalue weighted by atomic mass is 10.1. The van der Waals surface area contributed by atoms with Gasteiger partial charge >= 0.3 is 0 Å². The molecule has 0 bridgehead atoms. The SMILES string of the molecule is Cn1ccnc1[C@@H](NC(=O)CCc1cc(Cl)no1)C1CC1. The Kier molecular flexibility index (Phi) is 3.96. The van der Waals surface area contributed by atoms with Gasteiger partial charge in [0.1, 0.15) is 11.6 Å². The fourth-order valence-corrected chi connectivity index (χ4v) is 2.54. The van der Waals surface area contributed by atoms with Gasteiger partial charge < -0.3 is 14.4 Å². The number of nitrogens with zero attached hydrogens (tertiary/aromatic N) is 3. The number of rotatable bonds is 6. The van der Waals surface area contributed by atoms with Crippen molar-refractivity contribution < 1.29 is 9.32 Å². The van der Waals surface area contributed by atoms with E-state index in [1.165, 1.54) is 0 Å². The normalized spacial score (nSPS) is 15.9. The second-order valence-corrected chi connectivity index (χ2v) is 5.78. The van der Waals surface area contributed by atoms with E-state index in [0.717, 1.165) is 18.7 Å². The van der Waals surface area contributed by atoms with E-state index in [1.54, 1.807) is 12.3 Å². The monoisotopic (exact) mass is 308 g/mol. The molecule has 1 fully saturated rings. The molecule has 1 saturated carbocycles. The standard InChI is InChI=1S/C14H17ClN4O2/c1-19-7-6-16-14(19)13(9-2-3-9)17-12(20)5-4-10-8-11(15)18-21-10/h6-9,13H,2-5H2,1H3,(H,17,20)/t13-/m0/s1. The van der Waals surface area contributed by atoms with Crippen LogP contribution < -0.4 is 5.32 Å². The molecule has 3 rings (SSSR count). The summed E-state index contributed by atoms with van der Waals surface area (Å²) in [5.74, 6) is 2.01. The molecule has 21 heavy (non-hydrogen) atoms. The van der Waals surface area contributed by atoms with Crippen molar-refractivity contribution >= 4 is 17.5 Å². The largest absolute Gasteiger partial charge is 0.360 e. The van der Waals surface area contributed by atoms with Crippen LogP contribution in [0.2, 0.25) is 5.15 Å². The van der Waals surface area contributed by atoms with Gasteiger partial charge in [-0.2, -0.15) is 0 Å². The Morgan fingerprint density at radius 2 is 2.43 bits per heavy atom. The Balaban J connectivity index is 1.58. The topological polar surface area (TPSA) is 73.0 Å². The van der Waals surface area contributed by atoms with E-state index in [1.807, 2.05) is 17.8 Å². The second kappa shape index (κ2) is 5.89. The van der Waals surface area contributed by atoms with Gasteiger partial charge in [0.05, 0.1) is 6.04 Å². The van der Waals surface area contributed by atoms with Crippen LogP contribution in [-0.2, 0) is 18.3 Å². The third kappa shape index (κ3) is 3.44. The van der Waals surface area contributed by atoms with Crippen LogP contribution in [0.15, 0.2) is 23.0 Å². The number of halogens is 1. The van der Waals surface area contributed by atoms with Gasteiger partial charge in [-0.15, -0.1) is 0 Å². The van der Waals surface area contributed by atoms with Crippen LogP contribution in [0, 0.1) is 5.92 Å². The zero-order chi connectivity index (χ0) is 14.8. The van der Waals surface area contributed by atoms with Crippen molar-refractivity contribution in [3.05, 3.63) is 35.2 Å². The predicted octanol–water partition coefficient (Wildman–Crippen LogP) is 2.26. The van der Waals surface area contributed by atoms with Crippen molar-refractivity contribution in [3.63, 3.8) is 0 Å². The molecule has 1 aliphatic rings. The third-order valence-electron chi connectivity index (χ3n) is 3.68. The molecule has 2 aromatic heterocycles. The fourth-order valence-electron chi connectivity index (χ4n) is 2.39. The maximum Gasteiger partial charge on any atom is 0.221 e. The van der Waals surface area contributed by atoms with Crippen LogP contribution in [0.25, 0.3) is 0 Å². The fraction of sp³-hybridized carbons (Fsp3) is 0.500. The average Bonchev–Trinajstić information content (AvgIpc) is 3.08. The van der Waals surface area contributed by atoms with E-state index in [9.17, 15) is 4.79 Å². The summed E-state index contributed by atoms with van der Waals surface area (Å²) in [6, 6.07) is 1.63. The highest BCUT2D eigenvalue weighted by molar-refractivity contribution is 6.29. The third-order valence-corrected chi connectivity index (χ3v) is 3.85. The maximum atomic E-state index is 12.1. The Morgan fingerprint density at radius 1 is 1.62 bits per heavy atom. The molecule has 0 saturated heterocycles. The molecule has 0 spiro atoms. The Morgan fingerprint density at radius 3 is 3.00 bits per heavy atom. The van der Waals surface area contributed by atoms with Crippen LogP contribution in [0.4, 0.5) is 0 Å². The molecule has 1 atom stereocenters. The van der Waals surface area contributed by atoms with Crippen LogP contribution in [0.1, 0.15) is 36.9 Å². The molecule has 1 N–H and O–H groups in total. The van der Waals surface area contributed by atoms with Crippen molar-refractivity contribution in [1.82, 2.24) is 20.0 Å². The van der Waals surface area contributed by atoms with Crippen molar-refractivity contribution in [2.75, 3.05) is 0 Å². The van der Waals surface area contributed by atoms with Gasteiger partial charge in [-0.25, -0.2) is 4.98 Å². The summed E-state index contributed by atoms with van der Waals surface area (Å²) in [7, 11) is 1.94. The number of amides is 1. The Labute approximate surface area is 127 Å². The Bertz CT molecular complexity index is 632. The van der Waals surface area contributed by atoms with Crippen molar-refractivity contribution in [2.45, 2.75) is 31.7 Å². The summed E-state index contributed by atoms with van der Waals surface area (Å²) in [4.78, 5) is 16.5. The maximum absolute atomic E-state index is 12.1. The number of aryl methyl sites for hydroxylation is 2. The van der Waals surface area contributed by atoms with Crippen LogP contribution >= 0.6 is 11.6 Å². The highest BCUT2D eigenvalue weighted by atomic mass is 35.5. The molecule has 2 aromatic rings. The van der Waals surface area contributed by atoms with Crippen LogP contribution in [0.5, 0.6) is 0 Å². The van der Waals surface area contributed by atoms with E-state index < -0.39 is 0 Å². The highest BCUT2D eigenvalue weighted by Crippen LogP contribution is 2.40. The molecular weight excluding hydrogens is 292 g/mol. The van der Waals surface area contributed by atoms with Crippen LogP contribution in [0.3, 0.4) is 0 Å². The first-order valence-corrected chi connectivity index (χ1v) is 7.39. The van der Waals surface area contributed by atoms with Gasteiger partial charge in [0.25, 0.3) is 0 Å². The second-order valence-electron chi connectivity index (χ2n) is 5.39. The molecule has 7 heteroatoms. The lowest BCUT2D eigenvalue weighted by Gasteiger charge is -2.17. The molecule has 0 radical (unpaired) electrons. The summed E-state index contributed by atoms with van der Waals surface area (Å²) < 4.78 is 6.95. The lowest BCUT2D eigenvalue weighted by Crippen LogP contribution is -2.31. The van der Waals surface area contributed by atoms with Gasteiger partial charge in [0.2, 0.25) is 5.91 Å². The number of hydrogen-bond acceptors (Lipinski definition) is 4. The van der Waals surface area contributed by atoms with E-state index in [-0.39, 0.29) is 11.9 Å². The first kappa shape index (κ1) is 14.1. The van der Waals surface area contributed by atoms with E-state index in [4.69, 9.17) is 16.1 Å². The predicted molar refractivity (Wildman–Crippen MR) is 76.6 cm³/mol. The Hall–Kier alpha value is -1.82. The van der Waals surface area contributed by atoms with Gasteiger partial charge in [-0.1, -0.05) is 16.8 Å². The summed E-state index contributed by atoms with van der Waals surface area (Å²) in [6.07, 6.45) is 6.76. The van der Waals surface area contributed by atoms with Gasteiger partial charge in [-0.05, 0) is 18.8 Å². The number of aromatic nitrogens is 3. The van der Waals surface area contributed by atoms with Crippen molar-refractivity contribution in [3.8, 4) is 0 Å². The van der Waals surface area contributed by atoms with E-state index >= 15 is 0 Å². The van der Waals surface area contributed by atoms with Crippen LogP contribution in [-0.4, -0.2) is 20.6 Å². The molecule has 0 aliphatic heterocycles. The number of carbonyl (C=O) groups excluding carboxylic acids is 1. The van der Waals surface area contributed by atoms with E-state index in [2.05, 4.69) is 15.5 Å². The average molecular weight is 309 g/mol. The highest BCUT2D eigenvalue weighted by Gasteiger charge is 2.35. The lowest BCUT2D eigenvalue weighted by molar-refractivity contribution is -0.122. The van der Waals surface area contributed by atoms with Gasteiger partial charge in [0, 0.05) is 38.3 Å². The minimum Gasteiger partial charge on any atom is -0.360 e. The summed E-state index contributed by atoms with van der Waals surface area (Å²) in [5.41, 5.74) is 0. The molecule has 112 valence electrons. The molecule has 0 unspecified atom stereocenters. The molecule has 1 amide bonds. The molecular formula is C14H17ClN4O2. The van der Waals surface area contributed by atoms with Crippen molar-refractivity contribution in [2.24, 2.45) is 13.0 Å². The first-order valence-electron chi connectivity index (χ1n) is 7.01. The summed E-state index contributed by atoms with van der Waals surface area (Å²) in [6.45, 7) is 0. The van der Waals surface area contributed by atoms with Gasteiger partial charge in [0.15, 0.2) is 5.15 Å². The number of nitrogens with one attached hydrogen (secondary N) is 1. The molecule has 0 aromatic carbocycles. The minimum absolute atomic E-state index is 0.00388. The smallest absolute Gasteiger partial charge is 0.221 e. The number of hydrogen-bond donors (Lipinski definition) is 1. The summed E-state index contributed by atoms with van der Waals surface area (Å²) >= 11 is 5.68.